The zero-order valence-corrected chi connectivity index (χ0v) is 14.1. The summed E-state index contributed by atoms with van der Waals surface area (Å²) in [4.78, 5) is 2.42. The number of likely N-dealkylation sites (N-methyl/N-ethyl adjacent to an activating group) is 1. The fraction of sp³-hybridized carbons (Fsp3) is 1.00. The van der Waals surface area contributed by atoms with Crippen molar-refractivity contribution >= 4 is 0 Å². The van der Waals surface area contributed by atoms with E-state index in [9.17, 15) is 0 Å². The lowest BCUT2D eigenvalue weighted by atomic mass is 9.80. The Morgan fingerprint density at radius 3 is 1.95 bits per heavy atom. The maximum atomic E-state index is 3.87. The maximum absolute atomic E-state index is 3.87. The van der Waals surface area contributed by atoms with E-state index in [4.69, 9.17) is 0 Å². The molecule has 0 spiro atoms. The van der Waals surface area contributed by atoms with Gasteiger partial charge in [-0.05, 0) is 51.1 Å². The topological polar surface area (TPSA) is 15.3 Å². The molecule has 114 valence electrons. The van der Waals surface area contributed by atoms with E-state index in [0.717, 1.165) is 30.3 Å². The monoisotopic (exact) mass is 268 g/mol. The van der Waals surface area contributed by atoms with Gasteiger partial charge in [-0.25, -0.2) is 0 Å². The van der Waals surface area contributed by atoms with E-state index < -0.39 is 0 Å². The van der Waals surface area contributed by atoms with Crippen molar-refractivity contribution in [3.63, 3.8) is 0 Å². The van der Waals surface area contributed by atoms with Crippen LogP contribution >= 0.6 is 0 Å². The third-order valence-corrected chi connectivity index (χ3v) is 5.05. The Hall–Kier alpha value is -0.0800. The van der Waals surface area contributed by atoms with Crippen LogP contribution in [0.5, 0.6) is 0 Å². The molecule has 1 fully saturated rings. The molecule has 0 bridgehead atoms. The Bertz CT molecular complexity index is 225. The van der Waals surface area contributed by atoms with Gasteiger partial charge in [0.25, 0.3) is 0 Å². The predicted molar refractivity (Wildman–Crippen MR) is 85.5 cm³/mol. The normalized spacial score (nSPS) is 30.0. The predicted octanol–water partition coefficient (Wildman–Crippen LogP) is 3.77. The van der Waals surface area contributed by atoms with Gasteiger partial charge >= 0.3 is 0 Å². The third kappa shape index (κ3) is 5.43. The molecule has 1 aliphatic carbocycles. The number of hydrogen-bond donors (Lipinski definition) is 1. The highest BCUT2D eigenvalue weighted by Gasteiger charge is 2.26. The molecule has 19 heavy (non-hydrogen) atoms. The smallest absolute Gasteiger partial charge is 0.0242 e. The highest BCUT2D eigenvalue weighted by atomic mass is 15.1. The van der Waals surface area contributed by atoms with Crippen molar-refractivity contribution in [1.29, 1.82) is 0 Å². The van der Waals surface area contributed by atoms with Crippen LogP contribution in [-0.2, 0) is 0 Å². The second-order valence-corrected chi connectivity index (χ2v) is 7.13. The van der Waals surface area contributed by atoms with Crippen LogP contribution in [0.3, 0.4) is 0 Å². The summed E-state index contributed by atoms with van der Waals surface area (Å²) in [5.41, 5.74) is 0. The first-order valence-electron chi connectivity index (χ1n) is 8.37. The Balaban J connectivity index is 2.47. The largest absolute Gasteiger partial charge is 0.312 e. The van der Waals surface area contributed by atoms with Gasteiger partial charge in [0.2, 0.25) is 0 Å². The van der Waals surface area contributed by atoms with Gasteiger partial charge in [0.15, 0.2) is 0 Å². The molecule has 3 unspecified atom stereocenters. The zero-order valence-electron chi connectivity index (χ0n) is 14.1. The quantitative estimate of drug-likeness (QED) is 0.756. The number of rotatable bonds is 7. The lowest BCUT2D eigenvalue weighted by Gasteiger charge is -2.36. The van der Waals surface area contributed by atoms with E-state index in [-0.39, 0.29) is 0 Å². The minimum absolute atomic E-state index is 0.683. The van der Waals surface area contributed by atoms with Crippen LogP contribution in [0.15, 0.2) is 0 Å². The molecule has 0 saturated heterocycles. The molecule has 1 N–H and O–H groups in total. The second-order valence-electron chi connectivity index (χ2n) is 7.13. The van der Waals surface area contributed by atoms with E-state index in [1.54, 1.807) is 0 Å². The molecule has 2 heteroatoms. The van der Waals surface area contributed by atoms with E-state index >= 15 is 0 Å². The van der Waals surface area contributed by atoms with E-state index in [0.29, 0.717) is 6.04 Å². The second kappa shape index (κ2) is 8.26. The van der Waals surface area contributed by atoms with Crippen molar-refractivity contribution in [3.8, 4) is 0 Å². The lowest BCUT2D eigenvalue weighted by Crippen LogP contribution is -2.47. The third-order valence-electron chi connectivity index (χ3n) is 5.05. The molecule has 0 aliphatic heterocycles. The summed E-state index contributed by atoms with van der Waals surface area (Å²) < 4.78 is 0. The fourth-order valence-electron chi connectivity index (χ4n) is 4.00. The highest BCUT2D eigenvalue weighted by Crippen LogP contribution is 2.28. The van der Waals surface area contributed by atoms with Crippen molar-refractivity contribution < 1.29 is 0 Å². The average molecular weight is 268 g/mol. The van der Waals surface area contributed by atoms with Crippen LogP contribution in [0.1, 0.15) is 59.8 Å². The van der Waals surface area contributed by atoms with Crippen molar-refractivity contribution in [2.24, 2.45) is 17.8 Å². The molecular formula is C17H36N2. The van der Waals surface area contributed by atoms with Crippen LogP contribution in [0.4, 0.5) is 0 Å². The van der Waals surface area contributed by atoms with Crippen LogP contribution in [0.2, 0.25) is 0 Å². The summed E-state index contributed by atoms with van der Waals surface area (Å²) in [6, 6.07) is 1.43. The summed E-state index contributed by atoms with van der Waals surface area (Å²) in [6.07, 6.45) is 6.74. The van der Waals surface area contributed by atoms with Gasteiger partial charge in [-0.2, -0.15) is 0 Å². The molecule has 1 rings (SSSR count). The van der Waals surface area contributed by atoms with Crippen LogP contribution in [0, 0.1) is 17.8 Å². The SMILES string of the molecule is CCC(CC)C(CNC1CC(C)CC(C)C1)N(C)C. The van der Waals surface area contributed by atoms with Gasteiger partial charge in [-0.3, -0.25) is 0 Å². The summed E-state index contributed by atoms with van der Waals surface area (Å²) in [6.45, 7) is 10.6. The van der Waals surface area contributed by atoms with Crippen molar-refractivity contribution in [1.82, 2.24) is 10.2 Å². The Kier molecular flexibility index (Phi) is 7.38. The van der Waals surface area contributed by atoms with Gasteiger partial charge in [0.1, 0.15) is 0 Å². The van der Waals surface area contributed by atoms with Gasteiger partial charge in [0, 0.05) is 18.6 Å². The number of nitrogens with zero attached hydrogens (tertiary/aromatic N) is 1. The Labute approximate surface area is 121 Å². The summed E-state index contributed by atoms with van der Waals surface area (Å²) >= 11 is 0. The molecule has 0 aromatic carbocycles. The van der Waals surface area contributed by atoms with Crippen molar-refractivity contribution in [2.75, 3.05) is 20.6 Å². The van der Waals surface area contributed by atoms with Crippen LogP contribution in [-0.4, -0.2) is 37.6 Å². The average Bonchev–Trinajstić information content (AvgIpc) is 2.32. The number of nitrogens with one attached hydrogen (secondary N) is 1. The lowest BCUT2D eigenvalue weighted by molar-refractivity contribution is 0.171. The van der Waals surface area contributed by atoms with E-state index in [2.05, 4.69) is 52.0 Å². The fourth-order valence-corrected chi connectivity index (χ4v) is 4.00. The molecule has 1 saturated carbocycles. The standard InChI is InChI=1S/C17H36N2/c1-7-15(8-2)17(19(5)6)12-18-16-10-13(3)9-14(4)11-16/h13-18H,7-12H2,1-6H3. The maximum Gasteiger partial charge on any atom is 0.0242 e. The van der Waals surface area contributed by atoms with Crippen LogP contribution in [0.25, 0.3) is 0 Å². The van der Waals surface area contributed by atoms with Gasteiger partial charge < -0.3 is 10.2 Å². The molecule has 0 heterocycles. The van der Waals surface area contributed by atoms with E-state index in [1.807, 2.05) is 0 Å². The number of hydrogen-bond acceptors (Lipinski definition) is 2. The molecule has 2 nitrogen and oxygen atoms in total. The first-order valence-corrected chi connectivity index (χ1v) is 8.37. The molecule has 0 aromatic rings. The zero-order chi connectivity index (χ0) is 14.4. The summed E-state index contributed by atoms with van der Waals surface area (Å²) in [5, 5.41) is 3.87. The highest BCUT2D eigenvalue weighted by molar-refractivity contribution is 4.83. The van der Waals surface area contributed by atoms with Gasteiger partial charge in [0.05, 0.1) is 0 Å². The molecule has 1 aliphatic rings. The van der Waals surface area contributed by atoms with Crippen molar-refractivity contribution in [2.45, 2.75) is 71.9 Å². The first kappa shape index (κ1) is 17.0. The van der Waals surface area contributed by atoms with Crippen molar-refractivity contribution in [3.05, 3.63) is 0 Å². The minimum Gasteiger partial charge on any atom is -0.312 e. The Morgan fingerprint density at radius 2 is 1.53 bits per heavy atom. The minimum atomic E-state index is 0.683. The summed E-state index contributed by atoms with van der Waals surface area (Å²) in [7, 11) is 4.47. The summed E-state index contributed by atoms with van der Waals surface area (Å²) in [5.74, 6) is 2.61. The van der Waals surface area contributed by atoms with E-state index in [1.165, 1.54) is 32.1 Å². The van der Waals surface area contributed by atoms with Gasteiger partial charge in [-0.1, -0.05) is 40.5 Å². The molecule has 0 radical (unpaired) electrons. The molecular weight excluding hydrogens is 232 g/mol. The Morgan fingerprint density at radius 1 is 1.00 bits per heavy atom. The first-order chi connectivity index (χ1) is 8.97. The molecule has 0 amide bonds. The van der Waals surface area contributed by atoms with Gasteiger partial charge in [-0.15, -0.1) is 0 Å². The van der Waals surface area contributed by atoms with Crippen LogP contribution < -0.4 is 5.32 Å². The molecule has 0 aromatic heterocycles. The molecule has 3 atom stereocenters.